The van der Waals surface area contributed by atoms with Gasteiger partial charge in [0.1, 0.15) is 0 Å². The van der Waals surface area contributed by atoms with Gasteiger partial charge in [-0.2, -0.15) is 0 Å². The lowest BCUT2D eigenvalue weighted by atomic mass is 9.84. The van der Waals surface area contributed by atoms with Gasteiger partial charge in [-0.1, -0.05) is 91.0 Å². The second-order valence-corrected chi connectivity index (χ2v) is 12.3. The maximum Gasteiger partial charge on any atom is 0.281 e. The maximum absolute atomic E-state index is 14.2. The summed E-state index contributed by atoms with van der Waals surface area (Å²) in [5.74, 6) is -4.99. The van der Waals surface area contributed by atoms with Crippen molar-refractivity contribution in [1.29, 1.82) is 0 Å². The topological polar surface area (TPSA) is 57.2 Å². The van der Waals surface area contributed by atoms with Gasteiger partial charge in [-0.25, -0.2) is 17.2 Å². The number of benzene rings is 4. The lowest BCUT2D eigenvalue weighted by Gasteiger charge is -2.34. The van der Waals surface area contributed by atoms with Crippen LogP contribution in [0.25, 0.3) is 6.08 Å². The van der Waals surface area contributed by atoms with E-state index in [1.807, 2.05) is 0 Å². The molecule has 2 atom stereocenters. The second-order valence-electron chi connectivity index (χ2n) is 8.54. The molecule has 37 heavy (non-hydrogen) atoms. The third kappa shape index (κ3) is 6.18. The molecule has 7 heteroatoms. The van der Waals surface area contributed by atoms with E-state index in [2.05, 4.69) is 91.0 Å². The Kier molecular flexibility index (Phi) is 8.27. The zero-order valence-electron chi connectivity index (χ0n) is 20.1. The van der Waals surface area contributed by atoms with Crippen molar-refractivity contribution in [2.24, 2.45) is 5.92 Å². The van der Waals surface area contributed by atoms with Crippen LogP contribution in [0.2, 0.25) is 0 Å². The van der Waals surface area contributed by atoms with E-state index in [1.165, 1.54) is 39.0 Å². The number of hydrogen-bond donors (Lipinski definition) is 0. The second kappa shape index (κ2) is 11.4. The molecule has 0 heterocycles. The normalized spacial score (nSPS) is 16.8. The van der Waals surface area contributed by atoms with Crippen molar-refractivity contribution >= 4 is 27.1 Å². The van der Waals surface area contributed by atoms with E-state index < -0.39 is 27.2 Å². The van der Waals surface area contributed by atoms with E-state index >= 15 is 0 Å². The van der Waals surface area contributed by atoms with Gasteiger partial charge in [0, 0.05) is 5.56 Å². The third-order valence-electron chi connectivity index (χ3n) is 6.12. The first kappa shape index (κ1) is 26.8. The number of halogens is 2. The van der Waals surface area contributed by atoms with E-state index in [-0.39, 0.29) is 16.5 Å². The molecule has 0 fully saturated rings. The summed E-state index contributed by atoms with van der Waals surface area (Å²) in [4.78, 5) is 4.08. The summed E-state index contributed by atoms with van der Waals surface area (Å²) in [5.41, 5.74) is 0.0993. The Balaban J connectivity index is 0.000000173. The van der Waals surface area contributed by atoms with Crippen molar-refractivity contribution in [2.45, 2.75) is 32.8 Å². The van der Waals surface area contributed by atoms with E-state index in [0.29, 0.717) is 5.56 Å². The number of rotatable bonds is 5. The van der Waals surface area contributed by atoms with E-state index in [0.717, 1.165) is 13.0 Å². The van der Waals surface area contributed by atoms with Gasteiger partial charge in [0.25, 0.3) is 5.92 Å². The molecule has 0 radical (unpaired) electrons. The molecule has 0 spiro atoms. The summed E-state index contributed by atoms with van der Waals surface area (Å²) in [6.07, 6.45) is 2.53. The Labute approximate surface area is 219 Å². The van der Waals surface area contributed by atoms with Crippen molar-refractivity contribution in [2.75, 3.05) is 0 Å². The van der Waals surface area contributed by atoms with Gasteiger partial charge < -0.3 is 4.55 Å². The summed E-state index contributed by atoms with van der Waals surface area (Å²) in [7, 11) is -4.77. The molecule has 1 aliphatic rings. The first-order valence-corrected chi connectivity index (χ1v) is 14.4. The molecular formula is C30H26F2O3S2. The lowest BCUT2D eigenvalue weighted by Crippen LogP contribution is -2.38. The van der Waals surface area contributed by atoms with Crippen LogP contribution in [0.4, 0.5) is 8.78 Å². The Morgan fingerprint density at radius 2 is 1.14 bits per heavy atom. The highest BCUT2D eigenvalue weighted by molar-refractivity contribution is 7.97. The Morgan fingerprint density at radius 3 is 1.57 bits per heavy atom. The van der Waals surface area contributed by atoms with Gasteiger partial charge in [-0.15, -0.1) is 0 Å². The highest BCUT2D eigenvalue weighted by Crippen LogP contribution is 2.45. The quantitative estimate of drug-likeness (QED) is 0.201. The van der Waals surface area contributed by atoms with Gasteiger partial charge in [0.05, 0.1) is 32.2 Å². The molecule has 0 amide bonds. The predicted molar refractivity (Wildman–Crippen MR) is 144 cm³/mol. The summed E-state index contributed by atoms with van der Waals surface area (Å²) < 4.78 is 61.1. The van der Waals surface area contributed by atoms with Crippen LogP contribution in [-0.2, 0) is 26.9 Å². The molecule has 4 aromatic carbocycles. The van der Waals surface area contributed by atoms with Crippen LogP contribution in [-0.4, -0.2) is 18.2 Å². The third-order valence-corrected chi connectivity index (χ3v) is 9.55. The van der Waals surface area contributed by atoms with E-state index in [1.54, 1.807) is 6.07 Å². The van der Waals surface area contributed by atoms with Crippen molar-refractivity contribution < 1.29 is 21.8 Å². The Morgan fingerprint density at radius 1 is 0.730 bits per heavy atom. The maximum atomic E-state index is 14.2. The van der Waals surface area contributed by atoms with Crippen LogP contribution < -0.4 is 0 Å². The van der Waals surface area contributed by atoms with Crippen LogP contribution in [0.15, 0.2) is 136 Å². The monoisotopic (exact) mass is 536 g/mol. The molecule has 0 N–H and O–H groups in total. The number of allylic oxidation sites excluding steroid dienone is 1. The number of fused-ring (bicyclic) bond motifs is 1. The van der Waals surface area contributed by atoms with Gasteiger partial charge in [-0.3, -0.25) is 0 Å². The number of alkyl halides is 2. The molecule has 1 aliphatic carbocycles. The molecule has 0 aromatic heterocycles. The molecule has 3 nitrogen and oxygen atoms in total. The summed E-state index contributed by atoms with van der Waals surface area (Å²) in [5, 5.41) is -1.67. The average molecular weight is 537 g/mol. The van der Waals surface area contributed by atoms with Gasteiger partial charge in [-0.05, 0) is 48.9 Å². The SMILES string of the molecule is CC(C1C=Cc2ccccc2C1(F)F)S(=O)(=O)[O-].c1ccc([S+](c2ccccc2)c2ccccc2)cc1. The summed E-state index contributed by atoms with van der Waals surface area (Å²) in [6, 6.07) is 38.0. The fraction of sp³-hybridized carbons (Fsp3) is 0.133. The largest absolute Gasteiger partial charge is 0.748 e. The molecule has 0 saturated carbocycles. The summed E-state index contributed by atoms with van der Waals surface area (Å²) in [6.45, 7) is 1.01. The Hall–Kier alpha value is -3.26. The molecule has 0 bridgehead atoms. The van der Waals surface area contributed by atoms with Crippen LogP contribution in [0, 0.1) is 5.92 Å². The molecule has 0 saturated heterocycles. The first-order chi connectivity index (χ1) is 17.7. The minimum absolute atomic E-state index is 0.0146. The highest BCUT2D eigenvalue weighted by Gasteiger charge is 2.47. The molecule has 2 unspecified atom stereocenters. The molecule has 190 valence electrons. The van der Waals surface area contributed by atoms with Gasteiger partial charge >= 0.3 is 0 Å². The average Bonchev–Trinajstić information content (AvgIpc) is 2.90. The van der Waals surface area contributed by atoms with Crippen molar-refractivity contribution in [3.05, 3.63) is 132 Å². The van der Waals surface area contributed by atoms with Crippen LogP contribution in [0.5, 0.6) is 0 Å². The highest BCUT2D eigenvalue weighted by atomic mass is 32.2. The van der Waals surface area contributed by atoms with Crippen molar-refractivity contribution in [1.82, 2.24) is 0 Å². The van der Waals surface area contributed by atoms with Crippen LogP contribution in [0.1, 0.15) is 18.1 Å². The summed E-state index contributed by atoms with van der Waals surface area (Å²) >= 11 is 0. The van der Waals surface area contributed by atoms with Crippen molar-refractivity contribution in [3.8, 4) is 0 Å². The molecule has 4 aromatic rings. The van der Waals surface area contributed by atoms with E-state index in [9.17, 15) is 21.8 Å². The first-order valence-electron chi connectivity index (χ1n) is 11.7. The van der Waals surface area contributed by atoms with Crippen LogP contribution in [0.3, 0.4) is 0 Å². The smallest absolute Gasteiger partial charge is 0.281 e. The minimum atomic E-state index is -4.76. The van der Waals surface area contributed by atoms with Crippen LogP contribution >= 0.6 is 0 Å². The van der Waals surface area contributed by atoms with Gasteiger partial charge in [0.2, 0.25) is 0 Å². The predicted octanol–water partition coefficient (Wildman–Crippen LogP) is 7.14. The number of hydrogen-bond acceptors (Lipinski definition) is 3. The lowest BCUT2D eigenvalue weighted by molar-refractivity contribution is -0.0490. The van der Waals surface area contributed by atoms with Gasteiger partial charge in [0.15, 0.2) is 14.7 Å². The van der Waals surface area contributed by atoms with Crippen molar-refractivity contribution in [3.63, 3.8) is 0 Å². The van der Waals surface area contributed by atoms with E-state index in [4.69, 9.17) is 0 Å². The standard InChI is InChI=1S/C18H15S.C12H12F2O3S/c1-4-10-16(11-5-1)19(17-12-6-2-7-13-17)18-14-8-3-9-15-18;1-8(18(15,16)17)10-7-6-9-4-2-3-5-11(9)12(10,13)14/h1-15H;2-8,10H,1H3,(H,15,16,17)/q+1;/p-1. The molecule has 5 rings (SSSR count). The molecule has 0 aliphatic heterocycles. The fourth-order valence-corrected chi connectivity index (χ4v) is 6.89. The Bertz CT molecular complexity index is 1350. The molecular weight excluding hydrogens is 510 g/mol. The zero-order valence-corrected chi connectivity index (χ0v) is 21.7. The zero-order chi connectivity index (χ0) is 26.5. The fourth-order valence-electron chi connectivity index (χ4n) is 4.16. The minimum Gasteiger partial charge on any atom is -0.748 e.